The van der Waals surface area contributed by atoms with Gasteiger partial charge in [0.05, 0.1) is 0 Å². The van der Waals surface area contributed by atoms with E-state index in [0.717, 1.165) is 10.8 Å². The highest BCUT2D eigenvalue weighted by atomic mass is 19.1. The number of aromatic nitrogens is 1. The molecule has 0 aliphatic heterocycles. The van der Waals surface area contributed by atoms with Gasteiger partial charge >= 0.3 is 0 Å². The fraction of sp³-hybridized carbons (Fsp3) is 0.0417. The summed E-state index contributed by atoms with van der Waals surface area (Å²) in [4.78, 5) is 28.3. The highest BCUT2D eigenvalue weighted by Crippen LogP contribution is 2.30. The number of nitrogens with one attached hydrogen (secondary N) is 2. The van der Waals surface area contributed by atoms with Crippen LogP contribution in [0.25, 0.3) is 10.8 Å². The third kappa shape index (κ3) is 4.51. The summed E-state index contributed by atoms with van der Waals surface area (Å²) in [5, 5.41) is 7.07. The van der Waals surface area contributed by atoms with Gasteiger partial charge in [0.2, 0.25) is 0 Å². The SMILES string of the molecule is CNC(=O)c1cc(Oc2ccc3c(NC(=O)c4ccc(F)cc4)cccc3c2)ccn1. The van der Waals surface area contributed by atoms with Gasteiger partial charge in [0.1, 0.15) is 23.0 Å². The largest absolute Gasteiger partial charge is 0.457 e. The minimum Gasteiger partial charge on any atom is -0.457 e. The van der Waals surface area contributed by atoms with E-state index in [1.807, 2.05) is 24.3 Å². The van der Waals surface area contributed by atoms with Crippen LogP contribution in [0.1, 0.15) is 20.8 Å². The Labute approximate surface area is 177 Å². The summed E-state index contributed by atoms with van der Waals surface area (Å²) < 4.78 is 19.0. The Bertz CT molecular complexity index is 1270. The van der Waals surface area contributed by atoms with Crippen molar-refractivity contribution in [3.63, 3.8) is 0 Å². The number of hydrogen-bond donors (Lipinski definition) is 2. The fourth-order valence-corrected chi connectivity index (χ4v) is 3.09. The summed E-state index contributed by atoms with van der Waals surface area (Å²) in [5.41, 5.74) is 1.25. The molecule has 0 aliphatic rings. The molecule has 4 rings (SSSR count). The Balaban J connectivity index is 1.57. The number of nitrogens with zero attached hydrogens (tertiary/aromatic N) is 1. The lowest BCUT2D eigenvalue weighted by atomic mass is 10.1. The molecule has 0 radical (unpaired) electrons. The molecule has 0 fully saturated rings. The van der Waals surface area contributed by atoms with Gasteiger partial charge in [-0.15, -0.1) is 0 Å². The average Bonchev–Trinajstić information content (AvgIpc) is 2.79. The van der Waals surface area contributed by atoms with Crippen LogP contribution < -0.4 is 15.4 Å². The number of carbonyl (C=O) groups excluding carboxylic acids is 2. The molecule has 2 N–H and O–H groups in total. The molecule has 0 aliphatic carbocycles. The zero-order valence-electron chi connectivity index (χ0n) is 16.6. The van der Waals surface area contributed by atoms with E-state index in [4.69, 9.17) is 4.74 Å². The quantitative estimate of drug-likeness (QED) is 0.492. The van der Waals surface area contributed by atoms with Crippen molar-refractivity contribution in [3.05, 3.63) is 96.1 Å². The predicted octanol–water partition coefficient (Wildman–Crippen LogP) is 4.78. The second-order valence-corrected chi connectivity index (χ2v) is 6.71. The lowest BCUT2D eigenvalue weighted by Crippen LogP contribution is -2.18. The van der Waals surface area contributed by atoms with Crippen molar-refractivity contribution in [1.29, 1.82) is 0 Å². The summed E-state index contributed by atoms with van der Waals surface area (Å²) in [5.74, 6) is 0.0278. The Hall–Kier alpha value is -4.26. The van der Waals surface area contributed by atoms with Crippen molar-refractivity contribution in [2.75, 3.05) is 12.4 Å². The van der Waals surface area contributed by atoms with E-state index in [1.54, 1.807) is 24.3 Å². The molecule has 0 bridgehead atoms. The number of rotatable bonds is 5. The lowest BCUT2D eigenvalue weighted by molar-refractivity contribution is 0.0957. The molecular weight excluding hydrogens is 397 g/mol. The van der Waals surface area contributed by atoms with Crippen LogP contribution in [0.2, 0.25) is 0 Å². The van der Waals surface area contributed by atoms with Gasteiger partial charge in [-0.2, -0.15) is 0 Å². The first-order valence-electron chi connectivity index (χ1n) is 9.49. The van der Waals surface area contributed by atoms with Gasteiger partial charge in [0.25, 0.3) is 11.8 Å². The van der Waals surface area contributed by atoms with E-state index in [2.05, 4.69) is 15.6 Å². The number of pyridine rings is 1. The number of amides is 2. The minimum absolute atomic E-state index is 0.256. The number of benzene rings is 3. The van der Waals surface area contributed by atoms with Crippen LogP contribution in [0, 0.1) is 5.82 Å². The van der Waals surface area contributed by atoms with Crippen LogP contribution in [0.4, 0.5) is 10.1 Å². The number of fused-ring (bicyclic) bond motifs is 1. The van der Waals surface area contributed by atoms with Crippen molar-refractivity contribution >= 4 is 28.3 Å². The number of hydrogen-bond acceptors (Lipinski definition) is 4. The molecule has 1 aromatic heterocycles. The van der Waals surface area contributed by atoms with Crippen molar-refractivity contribution in [2.24, 2.45) is 0 Å². The normalized spacial score (nSPS) is 10.5. The molecule has 0 saturated carbocycles. The van der Waals surface area contributed by atoms with Crippen molar-refractivity contribution < 1.29 is 18.7 Å². The maximum Gasteiger partial charge on any atom is 0.269 e. The van der Waals surface area contributed by atoms with Gasteiger partial charge in [0.15, 0.2) is 0 Å². The van der Waals surface area contributed by atoms with E-state index in [0.29, 0.717) is 22.7 Å². The Morgan fingerprint density at radius 1 is 0.903 bits per heavy atom. The van der Waals surface area contributed by atoms with Crippen LogP contribution in [-0.4, -0.2) is 23.8 Å². The molecule has 4 aromatic rings. The first kappa shape index (κ1) is 20.0. The monoisotopic (exact) mass is 415 g/mol. The van der Waals surface area contributed by atoms with E-state index in [1.165, 1.54) is 37.5 Å². The smallest absolute Gasteiger partial charge is 0.269 e. The molecule has 0 spiro atoms. The lowest BCUT2D eigenvalue weighted by Gasteiger charge is -2.11. The highest BCUT2D eigenvalue weighted by Gasteiger charge is 2.10. The third-order valence-corrected chi connectivity index (χ3v) is 4.63. The van der Waals surface area contributed by atoms with Crippen molar-refractivity contribution in [1.82, 2.24) is 10.3 Å². The molecule has 3 aromatic carbocycles. The van der Waals surface area contributed by atoms with Gasteiger partial charge in [-0.3, -0.25) is 14.6 Å². The van der Waals surface area contributed by atoms with E-state index in [9.17, 15) is 14.0 Å². The zero-order chi connectivity index (χ0) is 21.8. The summed E-state index contributed by atoms with van der Waals surface area (Å²) in [6.45, 7) is 0. The van der Waals surface area contributed by atoms with E-state index < -0.39 is 5.82 Å². The summed E-state index contributed by atoms with van der Waals surface area (Å²) in [6, 6.07) is 19.5. The number of carbonyl (C=O) groups is 2. The second-order valence-electron chi connectivity index (χ2n) is 6.71. The molecule has 7 heteroatoms. The van der Waals surface area contributed by atoms with E-state index in [-0.39, 0.29) is 17.5 Å². The molecule has 1 heterocycles. The fourth-order valence-electron chi connectivity index (χ4n) is 3.09. The maximum atomic E-state index is 13.1. The molecule has 154 valence electrons. The van der Waals surface area contributed by atoms with E-state index >= 15 is 0 Å². The van der Waals surface area contributed by atoms with Gasteiger partial charge in [0, 0.05) is 35.9 Å². The van der Waals surface area contributed by atoms with Gasteiger partial charge in [-0.25, -0.2) is 4.39 Å². The average molecular weight is 415 g/mol. The van der Waals surface area contributed by atoms with Crippen molar-refractivity contribution in [2.45, 2.75) is 0 Å². The number of ether oxygens (including phenoxy) is 1. The van der Waals surface area contributed by atoms with Crippen LogP contribution >= 0.6 is 0 Å². The molecule has 0 atom stereocenters. The molecule has 2 amide bonds. The number of anilines is 1. The minimum atomic E-state index is -0.397. The standard InChI is InChI=1S/C24H18FN3O3/c1-26-24(30)22-14-19(11-12-27-22)31-18-9-10-20-16(13-18)3-2-4-21(20)28-23(29)15-5-7-17(25)8-6-15/h2-14H,1H3,(H,26,30)(H,28,29). The predicted molar refractivity (Wildman–Crippen MR) is 116 cm³/mol. The molecular formula is C24H18FN3O3. The van der Waals surface area contributed by atoms with Gasteiger partial charge in [-0.1, -0.05) is 12.1 Å². The Kier molecular flexibility index (Phi) is 5.57. The number of halogens is 1. The second kappa shape index (κ2) is 8.62. The van der Waals surface area contributed by atoms with Crippen LogP contribution in [0.3, 0.4) is 0 Å². The molecule has 0 unspecified atom stereocenters. The molecule has 31 heavy (non-hydrogen) atoms. The van der Waals surface area contributed by atoms with Crippen LogP contribution in [0.5, 0.6) is 11.5 Å². The topological polar surface area (TPSA) is 80.3 Å². The zero-order valence-corrected chi connectivity index (χ0v) is 16.6. The first-order chi connectivity index (χ1) is 15.0. The highest BCUT2D eigenvalue weighted by molar-refractivity contribution is 6.09. The Morgan fingerprint density at radius 3 is 2.45 bits per heavy atom. The maximum absolute atomic E-state index is 13.1. The summed E-state index contributed by atoms with van der Waals surface area (Å²) >= 11 is 0. The van der Waals surface area contributed by atoms with Crippen molar-refractivity contribution in [3.8, 4) is 11.5 Å². The Morgan fingerprint density at radius 2 is 1.68 bits per heavy atom. The molecule has 6 nitrogen and oxygen atoms in total. The molecule has 0 saturated heterocycles. The van der Waals surface area contributed by atoms with Crippen LogP contribution in [-0.2, 0) is 0 Å². The first-order valence-corrected chi connectivity index (χ1v) is 9.49. The summed E-state index contributed by atoms with van der Waals surface area (Å²) in [7, 11) is 1.54. The van der Waals surface area contributed by atoms with Gasteiger partial charge in [-0.05, 0) is 60.0 Å². The van der Waals surface area contributed by atoms with Crippen LogP contribution in [0.15, 0.2) is 79.0 Å². The summed E-state index contributed by atoms with van der Waals surface area (Å²) in [6.07, 6.45) is 1.50. The van der Waals surface area contributed by atoms with Gasteiger partial charge < -0.3 is 15.4 Å². The third-order valence-electron chi connectivity index (χ3n) is 4.63.